The van der Waals surface area contributed by atoms with E-state index in [0.29, 0.717) is 29.1 Å². The van der Waals surface area contributed by atoms with E-state index in [1.54, 1.807) is 27.7 Å². The molecule has 2 N–H and O–H groups in total. The van der Waals surface area contributed by atoms with Gasteiger partial charge in [0.15, 0.2) is 0 Å². The summed E-state index contributed by atoms with van der Waals surface area (Å²) in [6.45, 7) is 7.38. The van der Waals surface area contributed by atoms with Gasteiger partial charge in [0.2, 0.25) is 5.78 Å². The number of ether oxygens (including phenoxy) is 1. The summed E-state index contributed by atoms with van der Waals surface area (Å²) in [6.07, 6.45) is 0. The van der Waals surface area contributed by atoms with Gasteiger partial charge in [0.1, 0.15) is 0 Å². The molecule has 5 nitrogen and oxygen atoms in total. The molecule has 24 heavy (non-hydrogen) atoms. The van der Waals surface area contributed by atoms with E-state index in [1.807, 2.05) is 24.3 Å². The Labute approximate surface area is 149 Å². The maximum Gasteiger partial charge on any atom is 0.340 e. The number of nitrogens with one attached hydrogen (secondary N) is 2. The fourth-order valence-corrected chi connectivity index (χ4v) is 2.85. The average molecular weight is 393 g/mol. The first kappa shape index (κ1) is 18.3. The number of aromatic nitrogens is 1. The molecule has 0 saturated heterocycles. The van der Waals surface area contributed by atoms with Crippen molar-refractivity contribution in [1.29, 1.82) is 0 Å². The van der Waals surface area contributed by atoms with Crippen LogP contribution in [0.2, 0.25) is 0 Å². The van der Waals surface area contributed by atoms with Crippen molar-refractivity contribution in [3.63, 3.8) is 0 Å². The molecule has 0 fully saturated rings. The highest BCUT2D eigenvalue weighted by Gasteiger charge is 2.25. The minimum atomic E-state index is -0.432. The fraction of sp³-hybridized carbons (Fsp3) is 0.333. The van der Waals surface area contributed by atoms with Crippen LogP contribution >= 0.6 is 15.9 Å². The van der Waals surface area contributed by atoms with Crippen LogP contribution in [0.25, 0.3) is 0 Å². The van der Waals surface area contributed by atoms with Gasteiger partial charge < -0.3 is 15.0 Å². The molecule has 1 atom stereocenters. The summed E-state index contributed by atoms with van der Waals surface area (Å²) in [5.41, 5.74) is 3.00. The second-order valence-corrected chi connectivity index (χ2v) is 6.50. The lowest BCUT2D eigenvalue weighted by Crippen LogP contribution is -2.27. The van der Waals surface area contributed by atoms with Crippen LogP contribution in [-0.4, -0.2) is 29.4 Å². The first-order chi connectivity index (χ1) is 11.3. The SMILES string of the molecule is CCOC(=O)c1c(C)[nH]c(C(=O)[C@H](C)Nc2ccc(Br)cc2)c1C. The molecular formula is C18H21BrN2O3. The van der Waals surface area contributed by atoms with E-state index < -0.39 is 12.0 Å². The lowest BCUT2D eigenvalue weighted by molar-refractivity contribution is 0.0525. The van der Waals surface area contributed by atoms with Crippen molar-refractivity contribution in [2.45, 2.75) is 33.7 Å². The summed E-state index contributed by atoms with van der Waals surface area (Å²) in [5.74, 6) is -0.509. The predicted molar refractivity (Wildman–Crippen MR) is 97.8 cm³/mol. The number of aryl methyl sites for hydroxylation is 1. The number of ketones is 1. The van der Waals surface area contributed by atoms with Crippen LogP contribution < -0.4 is 5.32 Å². The summed E-state index contributed by atoms with van der Waals surface area (Å²) in [7, 11) is 0. The summed E-state index contributed by atoms with van der Waals surface area (Å²) in [6, 6.07) is 7.17. The fourth-order valence-electron chi connectivity index (χ4n) is 2.58. The van der Waals surface area contributed by atoms with Gasteiger partial charge in [0.25, 0.3) is 0 Å². The standard InChI is InChI=1S/C18H21BrN2O3/c1-5-24-18(23)15-10(2)16(21-11(15)3)17(22)12(4)20-14-8-6-13(19)7-9-14/h6-9,12,20-21H,5H2,1-4H3/t12-/m0/s1. The molecule has 0 amide bonds. The third kappa shape index (κ3) is 3.87. The normalized spacial score (nSPS) is 11.9. The van der Waals surface area contributed by atoms with Gasteiger partial charge >= 0.3 is 5.97 Å². The summed E-state index contributed by atoms with van der Waals surface area (Å²) >= 11 is 3.38. The Morgan fingerprint density at radius 1 is 1.25 bits per heavy atom. The monoisotopic (exact) mass is 392 g/mol. The highest BCUT2D eigenvalue weighted by Crippen LogP contribution is 2.22. The molecule has 2 aromatic rings. The minimum Gasteiger partial charge on any atom is -0.462 e. The predicted octanol–water partition coefficient (Wildman–Crippen LogP) is 4.25. The Hall–Kier alpha value is -2.08. The zero-order valence-electron chi connectivity index (χ0n) is 14.2. The number of halogens is 1. The minimum absolute atomic E-state index is 0.103. The average Bonchev–Trinajstić information content (AvgIpc) is 2.83. The number of carbonyl (C=O) groups is 2. The van der Waals surface area contributed by atoms with Crippen molar-refractivity contribution in [3.05, 3.63) is 51.3 Å². The summed E-state index contributed by atoms with van der Waals surface area (Å²) < 4.78 is 6.03. The number of rotatable bonds is 6. The number of aromatic amines is 1. The van der Waals surface area contributed by atoms with Crippen LogP contribution in [0.4, 0.5) is 5.69 Å². The third-order valence-electron chi connectivity index (χ3n) is 3.78. The smallest absolute Gasteiger partial charge is 0.340 e. The summed E-state index contributed by atoms with van der Waals surface area (Å²) in [5, 5.41) is 3.17. The van der Waals surface area contributed by atoms with Gasteiger partial charge in [-0.3, -0.25) is 4.79 Å². The maximum absolute atomic E-state index is 12.7. The quantitative estimate of drug-likeness (QED) is 0.569. The largest absolute Gasteiger partial charge is 0.462 e. The Bertz CT molecular complexity index is 750. The summed E-state index contributed by atoms with van der Waals surface area (Å²) in [4.78, 5) is 27.8. The molecule has 0 unspecified atom stereocenters. The van der Waals surface area contributed by atoms with Crippen molar-refractivity contribution in [1.82, 2.24) is 4.98 Å². The zero-order chi connectivity index (χ0) is 17.9. The Kier molecular flexibility index (Phi) is 5.83. The van der Waals surface area contributed by atoms with Gasteiger partial charge in [-0.25, -0.2) is 4.79 Å². The molecule has 0 aliphatic heterocycles. The van der Waals surface area contributed by atoms with Crippen molar-refractivity contribution in [2.75, 3.05) is 11.9 Å². The molecule has 0 saturated carbocycles. The number of anilines is 1. The van der Waals surface area contributed by atoms with Gasteiger partial charge in [0.05, 0.1) is 23.9 Å². The molecule has 6 heteroatoms. The first-order valence-corrected chi connectivity index (χ1v) is 8.57. The second kappa shape index (κ2) is 7.66. The lowest BCUT2D eigenvalue weighted by Gasteiger charge is -2.14. The van der Waals surface area contributed by atoms with E-state index in [4.69, 9.17) is 4.74 Å². The van der Waals surface area contributed by atoms with Gasteiger partial charge in [-0.2, -0.15) is 0 Å². The number of hydrogen-bond acceptors (Lipinski definition) is 4. The third-order valence-corrected chi connectivity index (χ3v) is 4.31. The molecule has 2 rings (SSSR count). The van der Waals surface area contributed by atoms with Crippen LogP contribution in [0.1, 0.15) is 46.0 Å². The van der Waals surface area contributed by atoms with Crippen molar-refractivity contribution >= 4 is 33.4 Å². The Morgan fingerprint density at radius 3 is 2.46 bits per heavy atom. The van der Waals surface area contributed by atoms with Crippen LogP contribution in [0.3, 0.4) is 0 Å². The molecule has 1 heterocycles. The second-order valence-electron chi connectivity index (χ2n) is 5.58. The van der Waals surface area contributed by atoms with Crippen LogP contribution in [0.5, 0.6) is 0 Å². The van der Waals surface area contributed by atoms with Crippen LogP contribution in [-0.2, 0) is 4.74 Å². The lowest BCUT2D eigenvalue weighted by atomic mass is 10.0. The van der Waals surface area contributed by atoms with E-state index in [1.165, 1.54) is 0 Å². The molecular weight excluding hydrogens is 372 g/mol. The highest BCUT2D eigenvalue weighted by molar-refractivity contribution is 9.10. The molecule has 0 aliphatic rings. The number of Topliss-reactive ketones (excluding diaryl/α,β-unsaturated/α-hetero) is 1. The van der Waals surface area contributed by atoms with Crippen LogP contribution in [0, 0.1) is 13.8 Å². The topological polar surface area (TPSA) is 71.2 Å². The van der Waals surface area contributed by atoms with E-state index in [-0.39, 0.29) is 5.78 Å². The molecule has 0 aliphatic carbocycles. The number of carbonyl (C=O) groups excluding carboxylic acids is 2. The number of hydrogen-bond donors (Lipinski definition) is 2. The first-order valence-electron chi connectivity index (χ1n) is 7.77. The maximum atomic E-state index is 12.7. The molecule has 0 radical (unpaired) electrons. The number of benzene rings is 1. The molecule has 0 bridgehead atoms. The molecule has 1 aromatic carbocycles. The van der Waals surface area contributed by atoms with Gasteiger partial charge in [-0.15, -0.1) is 0 Å². The Balaban J connectivity index is 2.21. The van der Waals surface area contributed by atoms with Crippen molar-refractivity contribution < 1.29 is 14.3 Å². The van der Waals surface area contributed by atoms with Crippen molar-refractivity contribution in [3.8, 4) is 0 Å². The van der Waals surface area contributed by atoms with Gasteiger partial charge in [-0.05, 0) is 57.5 Å². The van der Waals surface area contributed by atoms with E-state index in [0.717, 1.165) is 10.2 Å². The number of H-pyrrole nitrogens is 1. The van der Waals surface area contributed by atoms with Crippen molar-refractivity contribution in [2.24, 2.45) is 0 Å². The molecule has 0 spiro atoms. The zero-order valence-corrected chi connectivity index (χ0v) is 15.8. The number of esters is 1. The molecule has 1 aromatic heterocycles. The van der Waals surface area contributed by atoms with Crippen LogP contribution in [0.15, 0.2) is 28.7 Å². The van der Waals surface area contributed by atoms with Gasteiger partial charge in [0, 0.05) is 15.9 Å². The van der Waals surface area contributed by atoms with Gasteiger partial charge in [-0.1, -0.05) is 15.9 Å². The van der Waals surface area contributed by atoms with E-state index >= 15 is 0 Å². The van der Waals surface area contributed by atoms with E-state index in [2.05, 4.69) is 26.2 Å². The molecule has 128 valence electrons. The highest BCUT2D eigenvalue weighted by atomic mass is 79.9. The van der Waals surface area contributed by atoms with E-state index in [9.17, 15) is 9.59 Å². The Morgan fingerprint density at radius 2 is 1.88 bits per heavy atom.